The maximum absolute atomic E-state index is 12.3. The molecule has 1 aromatic carbocycles. The van der Waals surface area contributed by atoms with Crippen LogP contribution < -0.4 is 20.3 Å². The van der Waals surface area contributed by atoms with Crippen molar-refractivity contribution in [3.8, 4) is 11.5 Å². The molecule has 2 heterocycles. The standard InChI is InChI=1S/C18H19N3O5/c1-9-15(11(3)22)10(2)19-16(9)18(24)21-20-17(23)14-8-25-12-6-4-5-7-13(12)26-14/h4-7,14,19H,8H2,1-3H3,(H,20,23)(H,21,24)/t14-/m1/s1. The number of H-pyrrole nitrogens is 1. The zero-order valence-corrected chi connectivity index (χ0v) is 14.6. The summed E-state index contributed by atoms with van der Waals surface area (Å²) in [5.41, 5.74) is 6.48. The molecule has 26 heavy (non-hydrogen) atoms. The Morgan fingerprint density at radius 3 is 2.46 bits per heavy atom. The lowest BCUT2D eigenvalue weighted by molar-refractivity contribution is -0.131. The number of aromatic amines is 1. The summed E-state index contributed by atoms with van der Waals surface area (Å²) < 4.78 is 11.0. The molecule has 2 amide bonds. The summed E-state index contributed by atoms with van der Waals surface area (Å²) in [5.74, 6) is -0.197. The number of ether oxygens (including phenoxy) is 2. The monoisotopic (exact) mass is 357 g/mol. The molecule has 0 saturated heterocycles. The van der Waals surface area contributed by atoms with Crippen molar-refractivity contribution in [3.63, 3.8) is 0 Å². The predicted octanol–water partition coefficient (Wildman–Crippen LogP) is 1.44. The Balaban J connectivity index is 1.63. The van der Waals surface area contributed by atoms with Gasteiger partial charge in [-0.05, 0) is 38.5 Å². The van der Waals surface area contributed by atoms with Crippen molar-refractivity contribution in [1.82, 2.24) is 15.8 Å². The molecule has 3 rings (SSSR count). The van der Waals surface area contributed by atoms with Crippen LogP contribution in [0.2, 0.25) is 0 Å². The van der Waals surface area contributed by atoms with Crippen LogP contribution in [-0.4, -0.2) is 35.3 Å². The topological polar surface area (TPSA) is 110 Å². The average molecular weight is 357 g/mol. The zero-order valence-electron chi connectivity index (χ0n) is 14.6. The summed E-state index contributed by atoms with van der Waals surface area (Å²) in [6.45, 7) is 4.86. The Morgan fingerprint density at radius 1 is 1.12 bits per heavy atom. The minimum absolute atomic E-state index is 0.0356. The third-order valence-electron chi connectivity index (χ3n) is 4.12. The first-order valence-electron chi connectivity index (χ1n) is 8.07. The van der Waals surface area contributed by atoms with Gasteiger partial charge in [-0.25, -0.2) is 0 Å². The number of rotatable bonds is 3. The number of nitrogens with one attached hydrogen (secondary N) is 3. The van der Waals surface area contributed by atoms with E-state index in [2.05, 4.69) is 15.8 Å². The number of fused-ring (bicyclic) bond motifs is 1. The summed E-state index contributed by atoms with van der Waals surface area (Å²) >= 11 is 0. The minimum atomic E-state index is -0.885. The molecule has 136 valence electrons. The second-order valence-corrected chi connectivity index (χ2v) is 5.99. The number of carbonyl (C=O) groups excluding carboxylic acids is 3. The number of carbonyl (C=O) groups is 3. The van der Waals surface area contributed by atoms with Crippen molar-refractivity contribution in [2.45, 2.75) is 26.9 Å². The number of hydrazine groups is 1. The van der Waals surface area contributed by atoms with Crippen LogP contribution in [0.15, 0.2) is 24.3 Å². The van der Waals surface area contributed by atoms with Gasteiger partial charge in [0.15, 0.2) is 17.3 Å². The fourth-order valence-corrected chi connectivity index (χ4v) is 2.92. The van der Waals surface area contributed by atoms with E-state index < -0.39 is 17.9 Å². The Labute approximate surface area is 149 Å². The summed E-state index contributed by atoms with van der Waals surface area (Å²) in [7, 11) is 0. The first-order valence-corrected chi connectivity index (χ1v) is 8.07. The lowest BCUT2D eigenvalue weighted by Gasteiger charge is -2.25. The smallest absolute Gasteiger partial charge is 0.286 e. The first kappa shape index (κ1) is 17.5. The lowest BCUT2D eigenvalue weighted by Crippen LogP contribution is -2.51. The van der Waals surface area contributed by atoms with Gasteiger partial charge in [-0.15, -0.1) is 0 Å². The molecule has 2 aromatic rings. The highest BCUT2D eigenvalue weighted by Crippen LogP contribution is 2.30. The van der Waals surface area contributed by atoms with Gasteiger partial charge in [0.1, 0.15) is 12.3 Å². The van der Waals surface area contributed by atoms with Crippen LogP contribution in [0.3, 0.4) is 0 Å². The van der Waals surface area contributed by atoms with Crippen molar-refractivity contribution in [1.29, 1.82) is 0 Å². The van der Waals surface area contributed by atoms with E-state index in [-0.39, 0.29) is 18.1 Å². The quantitative estimate of drug-likeness (QED) is 0.569. The van der Waals surface area contributed by atoms with Crippen molar-refractivity contribution in [3.05, 3.63) is 46.8 Å². The Hall–Kier alpha value is -3.29. The number of aromatic nitrogens is 1. The number of Topliss-reactive ketones (excluding diaryl/α,β-unsaturated/α-hetero) is 1. The zero-order chi connectivity index (χ0) is 18.8. The molecule has 3 N–H and O–H groups in total. The molecule has 1 aromatic heterocycles. The molecule has 1 aliphatic rings. The molecule has 0 aliphatic carbocycles. The van der Waals surface area contributed by atoms with Crippen LogP contribution in [0.5, 0.6) is 11.5 Å². The molecule has 0 fully saturated rings. The van der Waals surface area contributed by atoms with E-state index in [9.17, 15) is 14.4 Å². The number of benzene rings is 1. The lowest BCUT2D eigenvalue weighted by atomic mass is 10.1. The van der Waals surface area contributed by atoms with E-state index in [4.69, 9.17) is 9.47 Å². The number of ketones is 1. The van der Waals surface area contributed by atoms with E-state index in [0.717, 1.165) is 0 Å². The van der Waals surface area contributed by atoms with E-state index in [0.29, 0.717) is 28.3 Å². The maximum atomic E-state index is 12.3. The third kappa shape index (κ3) is 3.26. The van der Waals surface area contributed by atoms with Crippen molar-refractivity contribution >= 4 is 17.6 Å². The summed E-state index contributed by atoms with van der Waals surface area (Å²) in [6.07, 6.45) is -0.885. The first-order chi connectivity index (χ1) is 12.4. The van der Waals surface area contributed by atoms with Crippen LogP contribution in [-0.2, 0) is 4.79 Å². The van der Waals surface area contributed by atoms with Gasteiger partial charge < -0.3 is 14.5 Å². The molecule has 1 atom stereocenters. The normalized spacial score (nSPS) is 15.3. The van der Waals surface area contributed by atoms with Gasteiger partial charge in [-0.2, -0.15) is 0 Å². The molecule has 8 heteroatoms. The maximum Gasteiger partial charge on any atom is 0.286 e. The number of hydrogen-bond acceptors (Lipinski definition) is 5. The molecule has 1 aliphatic heterocycles. The number of aryl methyl sites for hydroxylation is 1. The summed E-state index contributed by atoms with van der Waals surface area (Å²) in [5, 5.41) is 0. The Bertz CT molecular complexity index is 887. The van der Waals surface area contributed by atoms with Crippen molar-refractivity contribution in [2.24, 2.45) is 0 Å². The summed E-state index contributed by atoms with van der Waals surface area (Å²) in [4.78, 5) is 39.0. The van der Waals surface area contributed by atoms with Crippen molar-refractivity contribution < 1.29 is 23.9 Å². The average Bonchev–Trinajstić information content (AvgIpc) is 2.93. The van der Waals surface area contributed by atoms with Gasteiger partial charge in [-0.1, -0.05) is 12.1 Å². The molecule has 0 radical (unpaired) electrons. The van der Waals surface area contributed by atoms with Crippen molar-refractivity contribution in [2.75, 3.05) is 6.61 Å². The highest BCUT2D eigenvalue weighted by atomic mass is 16.6. The number of hydrogen-bond donors (Lipinski definition) is 3. The molecule has 0 saturated carbocycles. The van der Waals surface area contributed by atoms with Crippen LogP contribution in [0, 0.1) is 13.8 Å². The highest BCUT2D eigenvalue weighted by Gasteiger charge is 2.28. The highest BCUT2D eigenvalue weighted by molar-refractivity contribution is 6.02. The Morgan fingerprint density at radius 2 is 1.81 bits per heavy atom. The van der Waals surface area contributed by atoms with Gasteiger partial charge >= 0.3 is 0 Å². The van der Waals surface area contributed by atoms with Crippen LogP contribution in [0.1, 0.15) is 39.0 Å². The van der Waals surface area contributed by atoms with Crippen LogP contribution in [0.4, 0.5) is 0 Å². The molecule has 0 bridgehead atoms. The van der Waals surface area contributed by atoms with Gasteiger partial charge in [0.2, 0.25) is 6.10 Å². The van der Waals surface area contributed by atoms with Gasteiger partial charge in [-0.3, -0.25) is 25.2 Å². The van der Waals surface area contributed by atoms with Gasteiger partial charge in [0.25, 0.3) is 11.8 Å². The summed E-state index contributed by atoms with van der Waals surface area (Å²) in [6, 6.07) is 7.02. The second kappa shape index (κ2) is 6.91. The fraction of sp³-hybridized carbons (Fsp3) is 0.278. The number of para-hydroxylation sites is 2. The molecule has 0 spiro atoms. The fourth-order valence-electron chi connectivity index (χ4n) is 2.92. The Kier molecular flexibility index (Phi) is 4.66. The van der Waals surface area contributed by atoms with Gasteiger partial charge in [0, 0.05) is 11.3 Å². The molecule has 8 nitrogen and oxygen atoms in total. The van der Waals surface area contributed by atoms with E-state index >= 15 is 0 Å². The number of amides is 2. The van der Waals surface area contributed by atoms with E-state index in [1.165, 1.54) is 6.92 Å². The van der Waals surface area contributed by atoms with Crippen LogP contribution >= 0.6 is 0 Å². The van der Waals surface area contributed by atoms with Crippen LogP contribution in [0.25, 0.3) is 0 Å². The largest absolute Gasteiger partial charge is 0.485 e. The third-order valence-corrected chi connectivity index (χ3v) is 4.12. The van der Waals surface area contributed by atoms with E-state index in [1.807, 2.05) is 0 Å². The van der Waals surface area contributed by atoms with E-state index in [1.54, 1.807) is 38.1 Å². The van der Waals surface area contributed by atoms with Gasteiger partial charge in [0.05, 0.1) is 0 Å². The second-order valence-electron chi connectivity index (χ2n) is 5.99. The SMILES string of the molecule is CC(=O)c1c(C)[nH]c(C(=O)NNC(=O)[C@H]2COc3ccccc3O2)c1C. The molecular weight excluding hydrogens is 338 g/mol. The minimum Gasteiger partial charge on any atom is -0.485 e. The molecule has 0 unspecified atom stereocenters. The molecular formula is C18H19N3O5. The predicted molar refractivity (Wildman–Crippen MR) is 92.2 cm³/mol.